The number of benzene rings is 1. The van der Waals surface area contributed by atoms with Crippen molar-refractivity contribution in [1.29, 1.82) is 0 Å². The average Bonchev–Trinajstić information content (AvgIpc) is 2.51. The average molecular weight is 308 g/mol. The summed E-state index contributed by atoms with van der Waals surface area (Å²) >= 11 is 0. The van der Waals surface area contributed by atoms with Gasteiger partial charge in [-0.3, -0.25) is 9.59 Å². The third kappa shape index (κ3) is 6.47. The minimum absolute atomic E-state index is 0.0890. The standard InChI is InChI=1S/C16H24N2O4/c1-4-10-18(13(2)19)12-16(20)17-9-11-22-15-7-5-14(21-3)6-8-15/h5-8H,4,9-12H2,1-3H3,(H,17,20). The summed E-state index contributed by atoms with van der Waals surface area (Å²) in [6.07, 6.45) is 0.827. The Balaban J connectivity index is 2.25. The van der Waals surface area contributed by atoms with Crippen LogP contribution in [0.3, 0.4) is 0 Å². The summed E-state index contributed by atoms with van der Waals surface area (Å²) in [7, 11) is 1.61. The molecule has 6 nitrogen and oxygen atoms in total. The number of rotatable bonds is 9. The van der Waals surface area contributed by atoms with Crippen molar-refractivity contribution < 1.29 is 19.1 Å². The van der Waals surface area contributed by atoms with Crippen LogP contribution in [0.25, 0.3) is 0 Å². The molecule has 122 valence electrons. The van der Waals surface area contributed by atoms with Crippen LogP contribution >= 0.6 is 0 Å². The molecule has 1 aromatic rings. The van der Waals surface area contributed by atoms with E-state index < -0.39 is 0 Å². The Kier molecular flexibility index (Phi) is 7.81. The SMILES string of the molecule is CCCN(CC(=O)NCCOc1ccc(OC)cc1)C(C)=O. The number of methoxy groups -OCH3 is 1. The van der Waals surface area contributed by atoms with Crippen LogP contribution in [-0.4, -0.2) is 50.1 Å². The molecule has 0 heterocycles. The molecule has 0 fully saturated rings. The zero-order valence-electron chi connectivity index (χ0n) is 13.4. The van der Waals surface area contributed by atoms with Crippen LogP contribution in [0.4, 0.5) is 0 Å². The van der Waals surface area contributed by atoms with Crippen molar-refractivity contribution >= 4 is 11.8 Å². The molecule has 0 saturated carbocycles. The van der Waals surface area contributed by atoms with Gasteiger partial charge in [0.15, 0.2) is 0 Å². The lowest BCUT2D eigenvalue weighted by Gasteiger charge is -2.19. The molecule has 1 aromatic carbocycles. The maximum atomic E-state index is 11.8. The number of carbonyl (C=O) groups excluding carboxylic acids is 2. The zero-order valence-corrected chi connectivity index (χ0v) is 13.4. The van der Waals surface area contributed by atoms with Crippen molar-refractivity contribution in [3.63, 3.8) is 0 Å². The molecular weight excluding hydrogens is 284 g/mol. The first-order valence-corrected chi connectivity index (χ1v) is 7.36. The summed E-state index contributed by atoms with van der Waals surface area (Å²) in [6.45, 7) is 4.87. The van der Waals surface area contributed by atoms with Crippen molar-refractivity contribution in [2.45, 2.75) is 20.3 Å². The van der Waals surface area contributed by atoms with Gasteiger partial charge < -0.3 is 19.7 Å². The second-order valence-electron chi connectivity index (χ2n) is 4.81. The summed E-state index contributed by atoms with van der Waals surface area (Å²) < 4.78 is 10.6. The summed E-state index contributed by atoms with van der Waals surface area (Å²) in [5, 5.41) is 2.74. The second kappa shape index (κ2) is 9.65. The van der Waals surface area contributed by atoms with Gasteiger partial charge in [0.1, 0.15) is 18.1 Å². The summed E-state index contributed by atoms with van der Waals surface area (Å²) in [4.78, 5) is 24.6. The number of nitrogens with one attached hydrogen (secondary N) is 1. The first-order valence-electron chi connectivity index (χ1n) is 7.36. The third-order valence-corrected chi connectivity index (χ3v) is 3.03. The van der Waals surface area contributed by atoms with Gasteiger partial charge >= 0.3 is 0 Å². The predicted octanol–water partition coefficient (Wildman–Crippen LogP) is 1.45. The first kappa shape index (κ1) is 17.8. The molecule has 0 bridgehead atoms. The number of hydrogen-bond acceptors (Lipinski definition) is 4. The summed E-state index contributed by atoms with van der Waals surface area (Å²) in [5.74, 6) is 1.21. The molecule has 0 aromatic heterocycles. The van der Waals surface area contributed by atoms with Gasteiger partial charge in [0.2, 0.25) is 11.8 Å². The molecule has 22 heavy (non-hydrogen) atoms. The molecular formula is C16H24N2O4. The Morgan fingerprint density at radius 1 is 1.18 bits per heavy atom. The van der Waals surface area contributed by atoms with E-state index in [0.717, 1.165) is 12.2 Å². The van der Waals surface area contributed by atoms with Crippen molar-refractivity contribution in [2.75, 3.05) is 33.4 Å². The molecule has 0 atom stereocenters. The van der Waals surface area contributed by atoms with Gasteiger partial charge in [-0.25, -0.2) is 0 Å². The smallest absolute Gasteiger partial charge is 0.239 e. The van der Waals surface area contributed by atoms with Crippen LogP contribution in [0.15, 0.2) is 24.3 Å². The van der Waals surface area contributed by atoms with Gasteiger partial charge in [-0.2, -0.15) is 0 Å². The van der Waals surface area contributed by atoms with Crippen LogP contribution in [0.1, 0.15) is 20.3 Å². The molecule has 0 aliphatic carbocycles. The van der Waals surface area contributed by atoms with E-state index in [-0.39, 0.29) is 18.4 Å². The van der Waals surface area contributed by atoms with Crippen LogP contribution in [0.2, 0.25) is 0 Å². The van der Waals surface area contributed by atoms with Crippen molar-refractivity contribution in [2.24, 2.45) is 0 Å². The van der Waals surface area contributed by atoms with E-state index in [1.807, 2.05) is 19.1 Å². The van der Waals surface area contributed by atoms with E-state index in [4.69, 9.17) is 9.47 Å². The monoisotopic (exact) mass is 308 g/mol. The quantitative estimate of drug-likeness (QED) is 0.701. The van der Waals surface area contributed by atoms with E-state index in [1.165, 1.54) is 11.8 Å². The Morgan fingerprint density at radius 2 is 1.82 bits per heavy atom. The highest BCUT2D eigenvalue weighted by atomic mass is 16.5. The first-order chi connectivity index (χ1) is 10.6. The highest BCUT2D eigenvalue weighted by molar-refractivity contribution is 5.83. The number of carbonyl (C=O) groups is 2. The molecule has 0 unspecified atom stereocenters. The van der Waals surface area contributed by atoms with Gasteiger partial charge in [-0.1, -0.05) is 6.92 Å². The van der Waals surface area contributed by atoms with E-state index in [9.17, 15) is 9.59 Å². The minimum Gasteiger partial charge on any atom is -0.497 e. The fraction of sp³-hybridized carbons (Fsp3) is 0.500. The molecule has 0 aliphatic heterocycles. The van der Waals surface area contributed by atoms with Crippen molar-refractivity contribution in [3.05, 3.63) is 24.3 Å². The number of ether oxygens (including phenoxy) is 2. The number of amides is 2. The maximum absolute atomic E-state index is 11.8. The van der Waals surface area contributed by atoms with Crippen LogP contribution in [0, 0.1) is 0 Å². The fourth-order valence-corrected chi connectivity index (χ4v) is 1.88. The fourth-order valence-electron chi connectivity index (χ4n) is 1.88. The topological polar surface area (TPSA) is 67.9 Å². The second-order valence-corrected chi connectivity index (χ2v) is 4.81. The van der Waals surface area contributed by atoms with E-state index in [2.05, 4.69) is 5.32 Å². The van der Waals surface area contributed by atoms with Gasteiger partial charge in [0.25, 0.3) is 0 Å². The number of hydrogen-bond donors (Lipinski definition) is 1. The van der Waals surface area contributed by atoms with Crippen LogP contribution < -0.4 is 14.8 Å². The Labute approximate surface area is 131 Å². The molecule has 0 radical (unpaired) electrons. The number of nitrogens with zero attached hydrogens (tertiary/aromatic N) is 1. The van der Waals surface area contributed by atoms with E-state index in [0.29, 0.717) is 25.4 Å². The normalized spacial score (nSPS) is 9.95. The van der Waals surface area contributed by atoms with Gasteiger partial charge in [-0.15, -0.1) is 0 Å². The lowest BCUT2D eigenvalue weighted by atomic mass is 10.3. The molecule has 1 rings (SSSR count). The molecule has 0 spiro atoms. The highest BCUT2D eigenvalue weighted by Crippen LogP contribution is 2.16. The van der Waals surface area contributed by atoms with Crippen molar-refractivity contribution in [3.8, 4) is 11.5 Å². The van der Waals surface area contributed by atoms with Gasteiger partial charge in [0.05, 0.1) is 20.2 Å². The van der Waals surface area contributed by atoms with Crippen LogP contribution in [-0.2, 0) is 9.59 Å². The molecule has 0 saturated heterocycles. The van der Waals surface area contributed by atoms with Crippen molar-refractivity contribution in [1.82, 2.24) is 10.2 Å². The minimum atomic E-state index is -0.179. The van der Waals surface area contributed by atoms with E-state index >= 15 is 0 Å². The zero-order chi connectivity index (χ0) is 16.4. The lowest BCUT2D eigenvalue weighted by molar-refractivity contribution is -0.134. The Hall–Kier alpha value is -2.24. The third-order valence-electron chi connectivity index (χ3n) is 3.03. The summed E-state index contributed by atoms with van der Waals surface area (Å²) in [6, 6.07) is 7.23. The van der Waals surface area contributed by atoms with E-state index in [1.54, 1.807) is 19.2 Å². The maximum Gasteiger partial charge on any atom is 0.239 e. The Bertz CT molecular complexity index is 474. The Morgan fingerprint density at radius 3 is 2.36 bits per heavy atom. The van der Waals surface area contributed by atoms with Gasteiger partial charge in [-0.05, 0) is 30.7 Å². The van der Waals surface area contributed by atoms with Gasteiger partial charge in [0, 0.05) is 13.5 Å². The molecule has 6 heteroatoms. The van der Waals surface area contributed by atoms with Crippen LogP contribution in [0.5, 0.6) is 11.5 Å². The molecule has 1 N–H and O–H groups in total. The summed E-state index contributed by atoms with van der Waals surface area (Å²) in [5.41, 5.74) is 0. The molecule has 2 amide bonds. The highest BCUT2D eigenvalue weighted by Gasteiger charge is 2.11. The molecule has 0 aliphatic rings. The largest absolute Gasteiger partial charge is 0.497 e. The lowest BCUT2D eigenvalue weighted by Crippen LogP contribution is -2.41. The predicted molar refractivity (Wildman–Crippen MR) is 84.0 cm³/mol.